The van der Waals surface area contributed by atoms with Gasteiger partial charge in [-0.05, 0) is 38.4 Å². The van der Waals surface area contributed by atoms with E-state index in [0.29, 0.717) is 51.7 Å². The molecule has 0 atom stereocenters. The molecule has 1 aliphatic rings. The van der Waals surface area contributed by atoms with Crippen LogP contribution < -0.4 is 20.1 Å². The Labute approximate surface area is 212 Å². The van der Waals surface area contributed by atoms with Gasteiger partial charge in [0.2, 0.25) is 5.95 Å². The highest BCUT2D eigenvalue weighted by Gasteiger charge is 2.33. The minimum Gasteiger partial charge on any atom is -0.491 e. The molecule has 37 heavy (non-hydrogen) atoms. The zero-order valence-corrected chi connectivity index (χ0v) is 20.7. The van der Waals surface area contributed by atoms with E-state index in [1.54, 1.807) is 50.0 Å². The van der Waals surface area contributed by atoms with Gasteiger partial charge in [0.15, 0.2) is 5.75 Å². The van der Waals surface area contributed by atoms with Gasteiger partial charge in [0, 0.05) is 42.1 Å². The standard InChI is InChI=1S/C26H27F2N7O2/c1-35(2)19-11-20(12-19)37-25-22(36-3)10-18(14-31-25)33-26-29-7-6-23(34-26)32-17-9-16-8-15(24(27)28)4-5-21(16)30-13-17/h4-10,13-14,19-20,24H,11-12H2,1-3H3,(H2,29,32,33,34). The van der Waals surface area contributed by atoms with Crippen LogP contribution in [0, 0.1) is 0 Å². The minimum atomic E-state index is -2.54. The SMILES string of the molecule is COc1cc(Nc2nccc(Nc3cnc4ccc(C(F)F)cc4c3)n2)cnc1OC1CC(N(C)C)C1. The van der Waals surface area contributed by atoms with Gasteiger partial charge in [0.25, 0.3) is 12.3 Å². The zero-order chi connectivity index (χ0) is 25.9. The van der Waals surface area contributed by atoms with Crippen molar-refractivity contribution in [2.45, 2.75) is 31.4 Å². The van der Waals surface area contributed by atoms with E-state index in [1.807, 2.05) is 0 Å². The molecule has 0 bridgehead atoms. The van der Waals surface area contributed by atoms with E-state index in [0.717, 1.165) is 12.8 Å². The Morgan fingerprint density at radius 3 is 2.51 bits per heavy atom. The van der Waals surface area contributed by atoms with Crippen LogP contribution in [0.3, 0.4) is 0 Å². The van der Waals surface area contributed by atoms with Crippen LogP contribution >= 0.6 is 0 Å². The van der Waals surface area contributed by atoms with Gasteiger partial charge < -0.3 is 25.0 Å². The van der Waals surface area contributed by atoms with Crippen LogP contribution in [-0.4, -0.2) is 58.2 Å². The fourth-order valence-electron chi connectivity index (χ4n) is 4.07. The molecule has 0 aliphatic heterocycles. The summed E-state index contributed by atoms with van der Waals surface area (Å²) in [6, 6.07) is 10.1. The number of hydrogen-bond acceptors (Lipinski definition) is 9. The highest BCUT2D eigenvalue weighted by atomic mass is 19.3. The Hall–Kier alpha value is -4.12. The van der Waals surface area contributed by atoms with E-state index in [9.17, 15) is 8.78 Å². The van der Waals surface area contributed by atoms with Gasteiger partial charge in [0.05, 0.1) is 36.4 Å². The first kappa shape index (κ1) is 24.6. The van der Waals surface area contributed by atoms with E-state index in [4.69, 9.17) is 9.47 Å². The summed E-state index contributed by atoms with van der Waals surface area (Å²) in [6.07, 6.45) is 4.33. The molecule has 1 saturated carbocycles. The molecule has 4 aromatic rings. The van der Waals surface area contributed by atoms with Crippen LogP contribution in [0.4, 0.5) is 31.9 Å². The molecule has 192 valence electrons. The van der Waals surface area contributed by atoms with Gasteiger partial charge >= 0.3 is 0 Å². The number of alkyl halides is 2. The molecular formula is C26H27F2N7O2. The number of hydrogen-bond donors (Lipinski definition) is 2. The Kier molecular flexibility index (Phi) is 6.95. The Balaban J connectivity index is 1.27. The third kappa shape index (κ3) is 5.67. The van der Waals surface area contributed by atoms with Gasteiger partial charge in [-0.25, -0.2) is 18.7 Å². The first-order valence-electron chi connectivity index (χ1n) is 11.8. The lowest BCUT2D eigenvalue weighted by Crippen LogP contribution is -2.46. The van der Waals surface area contributed by atoms with Gasteiger partial charge in [-0.15, -0.1) is 0 Å². The molecule has 1 fully saturated rings. The third-order valence-electron chi connectivity index (χ3n) is 6.26. The third-order valence-corrected chi connectivity index (χ3v) is 6.26. The van der Waals surface area contributed by atoms with Gasteiger partial charge in [-0.3, -0.25) is 4.98 Å². The summed E-state index contributed by atoms with van der Waals surface area (Å²) >= 11 is 0. The summed E-state index contributed by atoms with van der Waals surface area (Å²) in [4.78, 5) is 19.7. The molecular weight excluding hydrogens is 480 g/mol. The number of aromatic nitrogens is 4. The van der Waals surface area contributed by atoms with Crippen LogP contribution in [0.25, 0.3) is 10.9 Å². The maximum Gasteiger partial charge on any atom is 0.263 e. The fourth-order valence-corrected chi connectivity index (χ4v) is 4.07. The normalized spacial score (nSPS) is 17.1. The van der Waals surface area contributed by atoms with Gasteiger partial charge in [-0.2, -0.15) is 4.98 Å². The second kappa shape index (κ2) is 10.5. The van der Waals surface area contributed by atoms with Crippen molar-refractivity contribution in [3.8, 4) is 11.6 Å². The monoisotopic (exact) mass is 507 g/mol. The topological polar surface area (TPSA) is 97.3 Å². The summed E-state index contributed by atoms with van der Waals surface area (Å²) in [5.41, 5.74) is 1.82. The van der Waals surface area contributed by atoms with Gasteiger partial charge in [-0.1, -0.05) is 6.07 Å². The van der Waals surface area contributed by atoms with Crippen LogP contribution in [0.1, 0.15) is 24.8 Å². The van der Waals surface area contributed by atoms with E-state index < -0.39 is 6.43 Å². The quantitative estimate of drug-likeness (QED) is 0.312. The van der Waals surface area contributed by atoms with Crippen molar-refractivity contribution >= 4 is 34.0 Å². The molecule has 9 nitrogen and oxygen atoms in total. The average Bonchev–Trinajstić information content (AvgIpc) is 2.86. The summed E-state index contributed by atoms with van der Waals surface area (Å²) in [5.74, 6) is 1.80. The number of methoxy groups -OCH3 is 1. The van der Waals surface area contributed by atoms with E-state index in [1.165, 1.54) is 12.1 Å². The Bertz CT molecular complexity index is 1400. The molecule has 0 saturated heterocycles. The molecule has 5 rings (SSSR count). The first-order valence-corrected chi connectivity index (χ1v) is 11.8. The summed E-state index contributed by atoms with van der Waals surface area (Å²) in [7, 11) is 5.70. The average molecular weight is 508 g/mol. The number of benzene rings is 1. The van der Waals surface area contributed by atoms with Crippen molar-refractivity contribution in [1.29, 1.82) is 0 Å². The highest BCUT2D eigenvalue weighted by molar-refractivity contribution is 5.83. The van der Waals surface area contributed by atoms with Gasteiger partial charge in [0.1, 0.15) is 11.9 Å². The van der Waals surface area contributed by atoms with Crippen molar-refractivity contribution in [3.05, 3.63) is 60.6 Å². The van der Waals surface area contributed by atoms with E-state index in [-0.39, 0.29) is 11.7 Å². The molecule has 1 aromatic carbocycles. The minimum absolute atomic E-state index is 0.0501. The van der Waals surface area contributed by atoms with E-state index >= 15 is 0 Å². The van der Waals surface area contributed by atoms with E-state index in [2.05, 4.69) is 49.6 Å². The predicted molar refractivity (Wildman–Crippen MR) is 137 cm³/mol. The fraction of sp³-hybridized carbons (Fsp3) is 0.308. The van der Waals surface area contributed by atoms with Crippen molar-refractivity contribution in [2.75, 3.05) is 31.8 Å². The number of nitrogens with one attached hydrogen (secondary N) is 2. The van der Waals surface area contributed by atoms with Crippen molar-refractivity contribution in [2.24, 2.45) is 0 Å². The maximum absolute atomic E-state index is 13.1. The number of ether oxygens (including phenoxy) is 2. The molecule has 0 radical (unpaired) electrons. The van der Waals surface area contributed by atoms with Crippen molar-refractivity contribution in [3.63, 3.8) is 0 Å². The first-order chi connectivity index (χ1) is 17.9. The summed E-state index contributed by atoms with van der Waals surface area (Å²) in [5, 5.41) is 6.87. The smallest absolute Gasteiger partial charge is 0.263 e. The lowest BCUT2D eigenvalue weighted by molar-refractivity contribution is 0.0351. The van der Waals surface area contributed by atoms with Crippen molar-refractivity contribution < 1.29 is 18.3 Å². The molecule has 0 spiro atoms. The number of nitrogens with zero attached hydrogens (tertiary/aromatic N) is 5. The second-order valence-electron chi connectivity index (χ2n) is 9.05. The lowest BCUT2D eigenvalue weighted by Gasteiger charge is -2.39. The largest absolute Gasteiger partial charge is 0.491 e. The molecule has 0 amide bonds. The van der Waals surface area contributed by atoms with Crippen molar-refractivity contribution in [1.82, 2.24) is 24.8 Å². The second-order valence-corrected chi connectivity index (χ2v) is 9.05. The van der Waals surface area contributed by atoms with Crippen LogP contribution in [0.15, 0.2) is 55.0 Å². The number of fused-ring (bicyclic) bond motifs is 1. The Morgan fingerprint density at radius 2 is 1.76 bits per heavy atom. The number of anilines is 4. The Morgan fingerprint density at radius 1 is 0.973 bits per heavy atom. The molecule has 1 aliphatic carbocycles. The molecule has 3 heterocycles. The highest BCUT2D eigenvalue weighted by Crippen LogP contribution is 2.34. The molecule has 0 unspecified atom stereocenters. The molecule has 11 heteroatoms. The maximum atomic E-state index is 13.1. The number of halogens is 2. The van der Waals surface area contributed by atoms with Crippen LogP contribution in [0.2, 0.25) is 0 Å². The zero-order valence-electron chi connectivity index (χ0n) is 20.7. The summed E-state index contributed by atoms with van der Waals surface area (Å²) in [6.45, 7) is 0. The molecule has 3 aromatic heterocycles. The number of rotatable bonds is 9. The predicted octanol–water partition coefficient (Wildman–Crippen LogP) is 5.32. The number of pyridine rings is 2. The van der Waals surface area contributed by atoms with Crippen LogP contribution in [0.5, 0.6) is 11.6 Å². The molecule has 2 N–H and O–H groups in total. The summed E-state index contributed by atoms with van der Waals surface area (Å²) < 4.78 is 37.6. The van der Waals surface area contributed by atoms with Crippen LogP contribution in [-0.2, 0) is 0 Å². The lowest BCUT2D eigenvalue weighted by atomic mass is 9.88.